The largest absolute Gasteiger partial charge is 0.508 e. The molecule has 13 heavy (non-hydrogen) atoms. The molecule has 72 valence electrons. The highest BCUT2D eigenvalue weighted by atomic mass is 35.5. The van der Waals surface area contributed by atoms with Crippen molar-refractivity contribution in [2.75, 3.05) is 13.6 Å². The molecule has 0 atom stereocenters. The van der Waals surface area contributed by atoms with Crippen molar-refractivity contribution in [3.05, 3.63) is 28.5 Å². The molecule has 0 bridgehead atoms. The van der Waals surface area contributed by atoms with E-state index in [0.29, 0.717) is 18.5 Å². The van der Waals surface area contributed by atoms with Crippen LogP contribution in [0.2, 0.25) is 5.02 Å². The number of likely N-dealkylation sites (N-methyl/N-ethyl adjacent to an activating group) is 1. The molecule has 0 saturated carbocycles. The monoisotopic (exact) mass is 203 g/mol. The van der Waals surface area contributed by atoms with Gasteiger partial charge in [-0.3, -0.25) is 0 Å². The summed E-state index contributed by atoms with van der Waals surface area (Å²) in [5.74, 6) is -0.601. The molecule has 0 saturated heterocycles. The topological polar surface area (TPSA) is 32.3 Å². The first kappa shape index (κ1) is 10.3. The van der Waals surface area contributed by atoms with Gasteiger partial charge in [0.2, 0.25) is 0 Å². The van der Waals surface area contributed by atoms with Gasteiger partial charge in [-0.15, -0.1) is 0 Å². The minimum Gasteiger partial charge on any atom is -0.508 e. The van der Waals surface area contributed by atoms with E-state index in [0.717, 1.165) is 6.07 Å². The fourth-order valence-corrected chi connectivity index (χ4v) is 1.38. The third-order valence-corrected chi connectivity index (χ3v) is 2.09. The molecule has 0 radical (unpaired) electrons. The number of halogens is 2. The van der Waals surface area contributed by atoms with Gasteiger partial charge >= 0.3 is 0 Å². The summed E-state index contributed by atoms with van der Waals surface area (Å²) >= 11 is 5.74. The van der Waals surface area contributed by atoms with Crippen LogP contribution in [0.3, 0.4) is 0 Å². The fourth-order valence-electron chi connectivity index (χ4n) is 1.08. The molecule has 0 fully saturated rings. The molecule has 0 amide bonds. The second kappa shape index (κ2) is 4.44. The van der Waals surface area contributed by atoms with E-state index in [9.17, 15) is 4.39 Å². The second-order valence-corrected chi connectivity index (χ2v) is 3.15. The van der Waals surface area contributed by atoms with Crippen LogP contribution in [0, 0.1) is 5.82 Å². The zero-order valence-electron chi connectivity index (χ0n) is 7.27. The van der Waals surface area contributed by atoms with Gasteiger partial charge in [-0.1, -0.05) is 11.6 Å². The van der Waals surface area contributed by atoms with E-state index in [2.05, 4.69) is 5.32 Å². The Kier molecular flexibility index (Phi) is 3.51. The number of phenols is 1. The molecule has 1 rings (SSSR count). The number of phenolic OH excluding ortho intramolecular Hbond substituents is 1. The van der Waals surface area contributed by atoms with Crippen LogP contribution in [0.1, 0.15) is 5.56 Å². The van der Waals surface area contributed by atoms with E-state index in [1.807, 2.05) is 0 Å². The lowest BCUT2D eigenvalue weighted by Crippen LogP contribution is -2.11. The van der Waals surface area contributed by atoms with E-state index in [-0.39, 0.29) is 10.8 Å². The van der Waals surface area contributed by atoms with Crippen LogP contribution in [-0.4, -0.2) is 18.7 Å². The molecule has 1 aromatic carbocycles. The third-order valence-electron chi connectivity index (χ3n) is 1.75. The molecule has 0 aromatic heterocycles. The molecule has 0 spiro atoms. The maximum Gasteiger partial charge on any atom is 0.131 e. The minimum atomic E-state index is -0.458. The van der Waals surface area contributed by atoms with Crippen molar-refractivity contribution in [2.24, 2.45) is 0 Å². The van der Waals surface area contributed by atoms with Crippen molar-refractivity contribution in [2.45, 2.75) is 6.42 Å². The summed E-state index contributed by atoms with van der Waals surface area (Å²) < 4.78 is 13.2. The van der Waals surface area contributed by atoms with Crippen molar-refractivity contribution in [1.29, 1.82) is 0 Å². The molecule has 1 aromatic rings. The molecule has 0 aliphatic rings. The van der Waals surface area contributed by atoms with E-state index in [4.69, 9.17) is 16.7 Å². The predicted molar refractivity (Wildman–Crippen MR) is 50.7 cm³/mol. The van der Waals surface area contributed by atoms with E-state index >= 15 is 0 Å². The van der Waals surface area contributed by atoms with Crippen LogP contribution >= 0.6 is 11.6 Å². The van der Waals surface area contributed by atoms with Gasteiger partial charge in [0.1, 0.15) is 11.6 Å². The Bertz CT molecular complexity index is 281. The van der Waals surface area contributed by atoms with Crippen LogP contribution in [0.4, 0.5) is 4.39 Å². The summed E-state index contributed by atoms with van der Waals surface area (Å²) in [6.07, 6.45) is 0.515. The number of rotatable bonds is 3. The number of hydrogen-bond donors (Lipinski definition) is 2. The molecule has 2 nitrogen and oxygen atoms in total. The molecule has 0 aliphatic carbocycles. The van der Waals surface area contributed by atoms with Gasteiger partial charge < -0.3 is 10.4 Å². The number of benzene rings is 1. The lowest BCUT2D eigenvalue weighted by Gasteiger charge is -2.05. The molecule has 2 N–H and O–H groups in total. The second-order valence-electron chi connectivity index (χ2n) is 2.74. The van der Waals surface area contributed by atoms with Crippen molar-refractivity contribution >= 4 is 11.6 Å². The maximum absolute atomic E-state index is 13.2. The number of aromatic hydroxyl groups is 1. The van der Waals surface area contributed by atoms with Crippen molar-refractivity contribution in [3.63, 3.8) is 0 Å². The zero-order valence-corrected chi connectivity index (χ0v) is 8.03. The van der Waals surface area contributed by atoms with Crippen molar-refractivity contribution < 1.29 is 9.50 Å². The Morgan fingerprint density at radius 2 is 2.23 bits per heavy atom. The molecule has 4 heteroatoms. The van der Waals surface area contributed by atoms with Crippen LogP contribution in [0.5, 0.6) is 5.75 Å². The van der Waals surface area contributed by atoms with Crippen LogP contribution < -0.4 is 5.32 Å². The Morgan fingerprint density at radius 3 is 2.77 bits per heavy atom. The van der Waals surface area contributed by atoms with Gasteiger partial charge in [0.15, 0.2) is 0 Å². The fraction of sp³-hybridized carbons (Fsp3) is 0.333. The molecular weight excluding hydrogens is 193 g/mol. The van der Waals surface area contributed by atoms with E-state index < -0.39 is 5.82 Å². The highest BCUT2D eigenvalue weighted by Crippen LogP contribution is 2.25. The molecule has 0 unspecified atom stereocenters. The first-order valence-electron chi connectivity index (χ1n) is 3.96. The summed E-state index contributed by atoms with van der Waals surface area (Å²) in [4.78, 5) is 0. The Labute approximate surface area is 81.3 Å². The van der Waals surface area contributed by atoms with Crippen LogP contribution in [0.25, 0.3) is 0 Å². The first-order chi connectivity index (χ1) is 6.15. The smallest absolute Gasteiger partial charge is 0.131 e. The first-order valence-corrected chi connectivity index (χ1v) is 4.34. The lowest BCUT2D eigenvalue weighted by molar-refractivity contribution is 0.467. The van der Waals surface area contributed by atoms with E-state index in [1.54, 1.807) is 7.05 Å². The molecular formula is C9H11ClFNO. The normalized spacial score (nSPS) is 10.4. The van der Waals surface area contributed by atoms with Crippen molar-refractivity contribution in [1.82, 2.24) is 5.32 Å². The number of hydrogen-bond acceptors (Lipinski definition) is 2. The molecule has 0 aliphatic heterocycles. The average molecular weight is 204 g/mol. The van der Waals surface area contributed by atoms with Crippen molar-refractivity contribution in [3.8, 4) is 5.75 Å². The third kappa shape index (κ3) is 2.57. The van der Waals surface area contributed by atoms with Gasteiger partial charge in [-0.05, 0) is 26.1 Å². The predicted octanol–water partition coefficient (Wildman–Crippen LogP) is 1.95. The SMILES string of the molecule is CNCCc1c(F)cc(O)cc1Cl. The highest BCUT2D eigenvalue weighted by molar-refractivity contribution is 6.31. The van der Waals surface area contributed by atoms with Gasteiger partial charge in [-0.2, -0.15) is 0 Å². The van der Waals surface area contributed by atoms with Crippen LogP contribution in [-0.2, 0) is 6.42 Å². The van der Waals surface area contributed by atoms with Gasteiger partial charge in [0.05, 0.1) is 5.02 Å². The van der Waals surface area contributed by atoms with Crippen LogP contribution in [0.15, 0.2) is 12.1 Å². The molecule has 0 heterocycles. The summed E-state index contributed by atoms with van der Waals surface area (Å²) in [6, 6.07) is 2.41. The Hall–Kier alpha value is -0.800. The Balaban J connectivity index is 2.92. The van der Waals surface area contributed by atoms with Gasteiger partial charge in [-0.25, -0.2) is 4.39 Å². The summed E-state index contributed by atoms with van der Waals surface area (Å²) in [6.45, 7) is 0.654. The minimum absolute atomic E-state index is 0.143. The maximum atomic E-state index is 13.2. The van der Waals surface area contributed by atoms with Gasteiger partial charge in [0, 0.05) is 11.6 Å². The standard InChI is InChI=1S/C9H11ClFNO/c1-12-3-2-7-8(10)4-6(13)5-9(7)11/h4-5,12-13H,2-3H2,1H3. The van der Waals surface area contributed by atoms with E-state index in [1.165, 1.54) is 6.07 Å². The zero-order chi connectivity index (χ0) is 9.84. The summed E-state index contributed by atoms with van der Waals surface area (Å²) in [5.41, 5.74) is 0.439. The number of nitrogens with one attached hydrogen (secondary N) is 1. The summed E-state index contributed by atoms with van der Waals surface area (Å²) in [5, 5.41) is 12.2. The highest BCUT2D eigenvalue weighted by Gasteiger charge is 2.08. The Morgan fingerprint density at radius 1 is 1.54 bits per heavy atom. The average Bonchev–Trinajstić information content (AvgIpc) is 2.02. The summed E-state index contributed by atoms with van der Waals surface area (Å²) in [7, 11) is 1.78. The lowest BCUT2D eigenvalue weighted by atomic mass is 10.1. The van der Waals surface area contributed by atoms with Gasteiger partial charge in [0.25, 0.3) is 0 Å². The quantitative estimate of drug-likeness (QED) is 0.787.